The van der Waals surface area contributed by atoms with Crippen molar-refractivity contribution in [2.45, 2.75) is 23.7 Å². The number of alkyl halides is 3. The van der Waals surface area contributed by atoms with Crippen molar-refractivity contribution in [1.29, 1.82) is 0 Å². The Hall–Kier alpha value is -3.57. The molecule has 3 rings (SSSR count). The largest absolute Gasteiger partial charge is 0.573 e. The minimum Gasteiger partial charge on any atom is -0.406 e. The number of ether oxygens (including phenoxy) is 2. The molecule has 7 nitrogen and oxygen atoms in total. The summed E-state index contributed by atoms with van der Waals surface area (Å²) in [7, 11) is 0. The first-order valence-corrected chi connectivity index (χ1v) is 12.2. The third-order valence-electron chi connectivity index (χ3n) is 5.30. The van der Waals surface area contributed by atoms with Crippen LogP contribution in [0.3, 0.4) is 0 Å². The van der Waals surface area contributed by atoms with Crippen molar-refractivity contribution in [1.82, 2.24) is 19.7 Å². The number of halogens is 3. The summed E-state index contributed by atoms with van der Waals surface area (Å²) in [5.74, 6) is -0.0661. The van der Waals surface area contributed by atoms with Gasteiger partial charge in [0.05, 0.1) is 13.2 Å². The number of carbonyl (C=O) groups excluding carboxylic acids is 1. The van der Waals surface area contributed by atoms with Crippen LogP contribution in [0.5, 0.6) is 5.75 Å². The standard InChI is InChI=1S/C26H27F3N4O3S/c1-5-8-18(4)23-30-31-25(33(23)20-10-12-21(13-11-20)36-26(27,28)29)37-22(19(7-3)9-6-2)24(34)32-14-16-35-17-15-32/h5-13,22H,1-3,14-17H2,4H3/b18-8+,19-9+. The second-order valence-corrected chi connectivity index (χ2v) is 8.88. The molecule has 1 aliphatic heterocycles. The monoisotopic (exact) mass is 532 g/mol. The molecule has 0 spiro atoms. The van der Waals surface area contributed by atoms with Crippen LogP contribution in [-0.4, -0.2) is 63.5 Å². The van der Waals surface area contributed by atoms with Gasteiger partial charge in [0.1, 0.15) is 11.0 Å². The van der Waals surface area contributed by atoms with Gasteiger partial charge in [0, 0.05) is 18.8 Å². The summed E-state index contributed by atoms with van der Waals surface area (Å²) in [6.07, 6.45) is 3.39. The molecule has 196 valence electrons. The zero-order chi connectivity index (χ0) is 27.0. The maximum absolute atomic E-state index is 13.6. The summed E-state index contributed by atoms with van der Waals surface area (Å²) in [5.41, 5.74) is 1.82. The summed E-state index contributed by atoms with van der Waals surface area (Å²) in [5, 5.41) is 8.27. The zero-order valence-electron chi connectivity index (χ0n) is 20.3. The molecule has 0 bridgehead atoms. The van der Waals surface area contributed by atoms with Gasteiger partial charge < -0.3 is 14.4 Å². The topological polar surface area (TPSA) is 69.5 Å². The van der Waals surface area contributed by atoms with E-state index in [4.69, 9.17) is 4.74 Å². The third-order valence-corrected chi connectivity index (χ3v) is 6.49. The average molecular weight is 533 g/mol. The van der Waals surface area contributed by atoms with Gasteiger partial charge in [0.15, 0.2) is 11.0 Å². The molecule has 1 unspecified atom stereocenters. The number of hydrogen-bond donors (Lipinski definition) is 0. The normalized spacial score (nSPS) is 15.7. The number of aromatic nitrogens is 3. The van der Waals surface area contributed by atoms with Crippen molar-refractivity contribution >= 4 is 23.2 Å². The van der Waals surface area contributed by atoms with Crippen LogP contribution in [0.1, 0.15) is 12.7 Å². The lowest BCUT2D eigenvalue weighted by molar-refractivity contribution is -0.274. The van der Waals surface area contributed by atoms with E-state index in [2.05, 4.69) is 34.7 Å². The van der Waals surface area contributed by atoms with Crippen molar-refractivity contribution in [2.75, 3.05) is 26.3 Å². The van der Waals surface area contributed by atoms with Crippen molar-refractivity contribution in [3.63, 3.8) is 0 Å². The van der Waals surface area contributed by atoms with Crippen molar-refractivity contribution in [3.8, 4) is 11.4 Å². The van der Waals surface area contributed by atoms with Gasteiger partial charge in [-0.3, -0.25) is 9.36 Å². The first kappa shape index (κ1) is 28.0. The summed E-state index contributed by atoms with van der Waals surface area (Å²) >= 11 is 1.16. The quantitative estimate of drug-likeness (QED) is 0.303. The van der Waals surface area contributed by atoms with Crippen LogP contribution >= 0.6 is 11.8 Å². The summed E-state index contributed by atoms with van der Waals surface area (Å²) in [6.45, 7) is 14.9. The molecule has 2 aromatic rings. The Balaban J connectivity index is 2.07. The highest BCUT2D eigenvalue weighted by molar-refractivity contribution is 8.00. The van der Waals surface area contributed by atoms with Gasteiger partial charge in [0.25, 0.3) is 0 Å². The molecule has 0 N–H and O–H groups in total. The van der Waals surface area contributed by atoms with Crippen LogP contribution in [-0.2, 0) is 9.53 Å². The van der Waals surface area contributed by atoms with E-state index in [1.165, 1.54) is 24.3 Å². The minimum absolute atomic E-state index is 0.148. The highest BCUT2D eigenvalue weighted by Crippen LogP contribution is 2.34. The Morgan fingerprint density at radius 1 is 1.11 bits per heavy atom. The number of rotatable bonds is 10. The van der Waals surface area contributed by atoms with E-state index < -0.39 is 11.6 Å². The lowest BCUT2D eigenvalue weighted by Gasteiger charge is -2.30. The molecule has 37 heavy (non-hydrogen) atoms. The van der Waals surface area contributed by atoms with E-state index in [1.54, 1.807) is 46.8 Å². The molecule has 1 atom stereocenters. The predicted molar refractivity (Wildman–Crippen MR) is 137 cm³/mol. The number of hydrogen-bond acceptors (Lipinski definition) is 6. The molecular formula is C26H27F3N4O3S. The van der Waals surface area contributed by atoms with Gasteiger partial charge in [-0.25, -0.2) is 0 Å². The van der Waals surface area contributed by atoms with Crippen LogP contribution < -0.4 is 4.74 Å². The Morgan fingerprint density at radius 3 is 2.32 bits per heavy atom. The van der Waals surface area contributed by atoms with Crippen LogP contribution in [0.25, 0.3) is 11.3 Å². The van der Waals surface area contributed by atoms with Crippen LogP contribution in [0.2, 0.25) is 0 Å². The maximum Gasteiger partial charge on any atom is 0.573 e. The summed E-state index contributed by atoms with van der Waals surface area (Å²) in [6, 6.07) is 5.34. The second kappa shape index (κ2) is 12.6. The van der Waals surface area contributed by atoms with Gasteiger partial charge in [-0.15, -0.1) is 23.4 Å². The fourth-order valence-electron chi connectivity index (χ4n) is 3.60. The van der Waals surface area contributed by atoms with Gasteiger partial charge in [-0.1, -0.05) is 61.9 Å². The van der Waals surface area contributed by atoms with Crippen LogP contribution in [0, 0.1) is 0 Å². The molecule has 0 aliphatic carbocycles. The first-order valence-electron chi connectivity index (χ1n) is 11.3. The van der Waals surface area contributed by atoms with E-state index in [0.29, 0.717) is 54.1 Å². The lowest BCUT2D eigenvalue weighted by Crippen LogP contribution is -2.45. The third kappa shape index (κ3) is 7.23. The molecule has 11 heteroatoms. The molecule has 0 radical (unpaired) electrons. The van der Waals surface area contributed by atoms with Gasteiger partial charge >= 0.3 is 6.36 Å². The second-order valence-electron chi connectivity index (χ2n) is 7.81. The SMILES string of the molecule is C=C/C=C(\C)c1nnc(SC(C(=O)N2CCOCC2)/C(C=C)=C/C=C)n1-c1ccc(OC(F)(F)F)cc1. The minimum atomic E-state index is -4.81. The van der Waals surface area contributed by atoms with Crippen LogP contribution in [0.4, 0.5) is 13.2 Å². The molecule has 1 saturated heterocycles. The Bertz CT molecular complexity index is 1200. The highest BCUT2D eigenvalue weighted by atomic mass is 32.2. The molecule has 0 saturated carbocycles. The van der Waals surface area contributed by atoms with E-state index in [9.17, 15) is 18.0 Å². The molecule has 1 aliphatic rings. The van der Waals surface area contributed by atoms with E-state index in [1.807, 2.05) is 0 Å². The molecule has 1 aromatic heterocycles. The fraction of sp³-hybridized carbons (Fsp3) is 0.269. The van der Waals surface area contributed by atoms with E-state index >= 15 is 0 Å². The van der Waals surface area contributed by atoms with Crippen LogP contribution in [0.15, 0.2) is 85.1 Å². The Labute approximate surface area is 217 Å². The molecule has 1 amide bonds. The van der Waals surface area contributed by atoms with Crippen molar-refractivity contribution < 1.29 is 27.4 Å². The number of allylic oxidation sites excluding steroid dienone is 6. The van der Waals surface area contributed by atoms with Gasteiger partial charge in [-0.05, 0) is 42.3 Å². The van der Waals surface area contributed by atoms with Gasteiger partial charge in [0.2, 0.25) is 5.91 Å². The number of nitrogens with zero attached hydrogens (tertiary/aromatic N) is 4. The molecule has 2 heterocycles. The van der Waals surface area contributed by atoms with Crippen molar-refractivity contribution in [3.05, 3.63) is 85.8 Å². The number of benzene rings is 1. The lowest BCUT2D eigenvalue weighted by atomic mass is 10.1. The maximum atomic E-state index is 13.6. The Morgan fingerprint density at radius 2 is 1.76 bits per heavy atom. The summed E-state index contributed by atoms with van der Waals surface area (Å²) < 4.78 is 49.0. The number of morpholine rings is 1. The highest BCUT2D eigenvalue weighted by Gasteiger charge is 2.32. The molecular weight excluding hydrogens is 505 g/mol. The van der Waals surface area contributed by atoms with Gasteiger partial charge in [-0.2, -0.15) is 0 Å². The summed E-state index contributed by atoms with van der Waals surface area (Å²) in [4.78, 5) is 15.3. The smallest absolute Gasteiger partial charge is 0.406 e. The van der Waals surface area contributed by atoms with E-state index in [-0.39, 0.29) is 11.7 Å². The average Bonchev–Trinajstić information content (AvgIpc) is 3.29. The Kier molecular flexibility index (Phi) is 9.54. The number of amides is 1. The fourth-order valence-corrected chi connectivity index (χ4v) is 4.75. The predicted octanol–water partition coefficient (Wildman–Crippen LogP) is 5.37. The van der Waals surface area contributed by atoms with E-state index in [0.717, 1.165) is 11.8 Å². The zero-order valence-corrected chi connectivity index (χ0v) is 21.1. The van der Waals surface area contributed by atoms with Crippen molar-refractivity contribution in [2.24, 2.45) is 0 Å². The molecule has 1 aromatic carbocycles. The number of carbonyl (C=O) groups is 1. The molecule has 1 fully saturated rings. The number of thioether (sulfide) groups is 1. The first-order chi connectivity index (χ1) is 17.7.